The second kappa shape index (κ2) is 9.75. The molecule has 1 aliphatic carbocycles. The molecule has 1 saturated carbocycles. The average molecular weight is 392 g/mol. The van der Waals surface area contributed by atoms with Gasteiger partial charge in [0.05, 0.1) is 5.54 Å². The lowest BCUT2D eigenvalue weighted by Crippen LogP contribution is -2.53. The number of hydrogen-bond donors (Lipinski definition) is 1. The summed E-state index contributed by atoms with van der Waals surface area (Å²) in [4.78, 5) is 13.7. The van der Waals surface area contributed by atoms with Crippen LogP contribution in [0.25, 0.3) is 0 Å². The number of benzene rings is 1. The van der Waals surface area contributed by atoms with Crippen LogP contribution in [-0.4, -0.2) is 54.6 Å². The van der Waals surface area contributed by atoms with Crippen molar-refractivity contribution in [2.24, 2.45) is 0 Å². The molecule has 0 spiro atoms. The van der Waals surface area contributed by atoms with E-state index in [1.165, 1.54) is 16.7 Å². The number of rotatable bonds is 11. The van der Waals surface area contributed by atoms with Crippen molar-refractivity contribution in [1.29, 1.82) is 0 Å². The number of carbonyl (C=O) groups is 1. The number of hydrogen-bond acceptors (Lipinski definition) is 3. The van der Waals surface area contributed by atoms with Crippen LogP contribution in [0.15, 0.2) is 18.2 Å². The summed E-state index contributed by atoms with van der Waals surface area (Å²) in [6, 6.07) is 6.81. The van der Waals surface area contributed by atoms with Crippen LogP contribution in [0.1, 0.15) is 63.1 Å². The lowest BCUT2D eigenvalue weighted by atomic mass is 9.93. The Kier molecular flexibility index (Phi) is 7.90. The van der Waals surface area contributed by atoms with E-state index in [-0.39, 0.29) is 5.54 Å². The summed E-state index contributed by atoms with van der Waals surface area (Å²) in [5.41, 5.74) is 3.21. The third-order valence-electron chi connectivity index (χ3n) is 5.44. The van der Waals surface area contributed by atoms with Crippen LogP contribution in [0.3, 0.4) is 0 Å². The van der Waals surface area contributed by atoms with Gasteiger partial charge in [0.15, 0.2) is 0 Å². The first-order valence-corrected chi connectivity index (χ1v) is 10.3. The predicted molar refractivity (Wildman–Crippen MR) is 112 cm³/mol. The van der Waals surface area contributed by atoms with E-state index < -0.39 is 11.6 Å². The Morgan fingerprint density at radius 2 is 1.46 bits per heavy atom. The minimum absolute atomic E-state index is 0.265. The molecule has 5 heteroatoms. The SMILES string of the molecule is COCCCc1cc(CCCOC)cc(CC2(N(C(=O)O)C(C)(C)C)CC2)c1. The Balaban J connectivity index is 2.23. The van der Waals surface area contributed by atoms with Crippen molar-refractivity contribution in [2.75, 3.05) is 27.4 Å². The Labute approximate surface area is 170 Å². The zero-order chi connectivity index (χ0) is 20.8. The van der Waals surface area contributed by atoms with Crippen LogP contribution in [0.2, 0.25) is 0 Å². The van der Waals surface area contributed by atoms with Crippen LogP contribution < -0.4 is 0 Å². The van der Waals surface area contributed by atoms with Gasteiger partial charge in [-0.25, -0.2) is 4.79 Å². The molecule has 0 unspecified atom stereocenters. The zero-order valence-electron chi connectivity index (χ0n) is 18.2. The van der Waals surface area contributed by atoms with Crippen molar-refractivity contribution >= 4 is 6.09 Å². The fourth-order valence-electron chi connectivity index (χ4n) is 4.28. The van der Waals surface area contributed by atoms with Crippen molar-refractivity contribution in [3.8, 4) is 0 Å². The van der Waals surface area contributed by atoms with Gasteiger partial charge in [0.25, 0.3) is 0 Å². The summed E-state index contributed by atoms with van der Waals surface area (Å²) >= 11 is 0. The molecule has 1 aromatic rings. The van der Waals surface area contributed by atoms with Gasteiger partial charge in [-0.3, -0.25) is 4.90 Å². The first-order chi connectivity index (χ1) is 13.2. The van der Waals surface area contributed by atoms with Gasteiger partial charge in [-0.15, -0.1) is 0 Å². The third-order valence-corrected chi connectivity index (χ3v) is 5.44. The molecule has 0 aromatic heterocycles. The molecule has 0 bridgehead atoms. The average Bonchev–Trinajstić information content (AvgIpc) is 3.33. The summed E-state index contributed by atoms with van der Waals surface area (Å²) in [7, 11) is 3.47. The van der Waals surface area contributed by atoms with E-state index in [9.17, 15) is 9.90 Å². The normalized spacial score (nSPS) is 15.5. The van der Waals surface area contributed by atoms with Crippen molar-refractivity contribution in [3.63, 3.8) is 0 Å². The summed E-state index contributed by atoms with van der Waals surface area (Å²) in [5, 5.41) is 9.86. The van der Waals surface area contributed by atoms with Crippen molar-refractivity contribution in [1.82, 2.24) is 4.90 Å². The first kappa shape index (κ1) is 22.7. The minimum atomic E-state index is -0.818. The highest BCUT2D eigenvalue weighted by Gasteiger charge is 2.53. The molecule has 0 saturated heterocycles. The van der Waals surface area contributed by atoms with Crippen LogP contribution in [0.4, 0.5) is 4.79 Å². The number of carboxylic acid groups (broad SMARTS) is 1. The third kappa shape index (κ3) is 6.21. The van der Waals surface area contributed by atoms with Gasteiger partial charge in [0.1, 0.15) is 0 Å². The monoisotopic (exact) mass is 391 g/mol. The van der Waals surface area contributed by atoms with Gasteiger partial charge in [0, 0.05) is 33.0 Å². The summed E-state index contributed by atoms with van der Waals surface area (Å²) in [6.07, 6.45) is 5.78. The summed E-state index contributed by atoms with van der Waals surface area (Å²) in [5.74, 6) is 0. The second-order valence-corrected chi connectivity index (χ2v) is 9.04. The molecular formula is C23H37NO4. The molecule has 0 atom stereocenters. The second-order valence-electron chi connectivity index (χ2n) is 9.04. The van der Waals surface area contributed by atoms with Gasteiger partial charge >= 0.3 is 6.09 Å². The molecule has 5 nitrogen and oxygen atoms in total. The van der Waals surface area contributed by atoms with E-state index >= 15 is 0 Å². The van der Waals surface area contributed by atoms with E-state index in [1.54, 1.807) is 19.1 Å². The Morgan fingerprint density at radius 1 is 1.00 bits per heavy atom. The van der Waals surface area contributed by atoms with Gasteiger partial charge in [-0.1, -0.05) is 18.2 Å². The standard InChI is InChI=1S/C23H37NO4/c1-22(2,3)24(21(25)26)23(10-11-23)17-20-15-18(8-6-12-27-4)14-19(16-20)9-7-13-28-5/h14-16H,6-13,17H2,1-5H3,(H,25,26). The molecule has 1 aromatic carbocycles. The van der Waals surface area contributed by atoms with Crippen LogP contribution in [-0.2, 0) is 28.7 Å². The molecule has 1 aliphatic rings. The van der Waals surface area contributed by atoms with Gasteiger partial charge in [-0.2, -0.15) is 0 Å². The van der Waals surface area contributed by atoms with Crippen molar-refractivity contribution in [3.05, 3.63) is 34.9 Å². The highest BCUT2D eigenvalue weighted by atomic mass is 16.5. The van der Waals surface area contributed by atoms with Gasteiger partial charge < -0.3 is 14.6 Å². The molecule has 2 rings (SSSR count). The molecule has 1 fully saturated rings. The smallest absolute Gasteiger partial charge is 0.408 e. The lowest BCUT2D eigenvalue weighted by molar-refractivity contribution is 0.0606. The molecule has 158 valence electrons. The van der Waals surface area contributed by atoms with E-state index in [0.717, 1.165) is 58.2 Å². The zero-order valence-corrected chi connectivity index (χ0v) is 18.2. The Morgan fingerprint density at radius 3 is 1.82 bits per heavy atom. The van der Waals surface area contributed by atoms with Crippen LogP contribution >= 0.6 is 0 Å². The van der Waals surface area contributed by atoms with E-state index in [1.807, 2.05) is 20.8 Å². The van der Waals surface area contributed by atoms with Crippen LogP contribution in [0.5, 0.6) is 0 Å². The van der Waals surface area contributed by atoms with Crippen molar-refractivity contribution in [2.45, 2.75) is 76.8 Å². The highest BCUT2D eigenvalue weighted by Crippen LogP contribution is 2.47. The Hall–Kier alpha value is -1.59. The molecule has 0 aliphatic heterocycles. The highest BCUT2D eigenvalue weighted by molar-refractivity contribution is 5.68. The van der Waals surface area contributed by atoms with Gasteiger partial charge in [-0.05, 0) is 82.4 Å². The summed E-state index contributed by atoms with van der Waals surface area (Å²) in [6.45, 7) is 7.46. The summed E-state index contributed by atoms with van der Waals surface area (Å²) < 4.78 is 10.4. The predicted octanol–water partition coefficient (Wildman–Crippen LogP) is 4.70. The molecular weight excluding hydrogens is 354 g/mol. The minimum Gasteiger partial charge on any atom is -0.465 e. The van der Waals surface area contributed by atoms with Crippen LogP contribution in [0, 0.1) is 0 Å². The molecule has 0 heterocycles. The van der Waals surface area contributed by atoms with Crippen molar-refractivity contribution < 1.29 is 19.4 Å². The first-order valence-electron chi connectivity index (χ1n) is 10.3. The fraction of sp³-hybridized carbons (Fsp3) is 0.696. The number of aryl methyl sites for hydroxylation is 2. The fourth-order valence-corrected chi connectivity index (χ4v) is 4.28. The Bertz CT molecular complexity index is 618. The number of amides is 1. The van der Waals surface area contributed by atoms with Gasteiger partial charge in [0.2, 0.25) is 0 Å². The van der Waals surface area contributed by atoms with E-state index in [0.29, 0.717) is 0 Å². The largest absolute Gasteiger partial charge is 0.465 e. The maximum atomic E-state index is 12.0. The lowest BCUT2D eigenvalue weighted by Gasteiger charge is -2.40. The van der Waals surface area contributed by atoms with E-state index in [4.69, 9.17) is 9.47 Å². The maximum Gasteiger partial charge on any atom is 0.408 e. The molecule has 28 heavy (non-hydrogen) atoms. The number of nitrogens with zero attached hydrogens (tertiary/aromatic N) is 1. The number of ether oxygens (including phenoxy) is 2. The topological polar surface area (TPSA) is 59.0 Å². The molecule has 0 radical (unpaired) electrons. The number of methoxy groups -OCH3 is 2. The maximum absolute atomic E-state index is 12.0. The van der Waals surface area contributed by atoms with E-state index in [2.05, 4.69) is 18.2 Å². The quantitative estimate of drug-likeness (QED) is 0.556. The molecule has 1 N–H and O–H groups in total. The molecule has 1 amide bonds.